The molecule has 3 nitrogen and oxygen atoms in total. The molecule has 1 aromatic rings. The van der Waals surface area contributed by atoms with Gasteiger partial charge in [0.15, 0.2) is 5.11 Å². The van der Waals surface area contributed by atoms with Crippen LogP contribution in [0.5, 0.6) is 5.75 Å². The Morgan fingerprint density at radius 2 is 2.05 bits per heavy atom. The number of thiocarbonyl (C=S) groups is 1. The first-order valence-corrected chi connectivity index (χ1v) is 7.80. The third-order valence-electron chi connectivity index (χ3n) is 3.36. The zero-order valence-electron chi connectivity index (χ0n) is 11.0. The van der Waals surface area contributed by atoms with Crippen molar-refractivity contribution in [2.45, 2.75) is 38.1 Å². The summed E-state index contributed by atoms with van der Waals surface area (Å²) in [6, 6.07) is 6.30. The number of hydrogen-bond donors (Lipinski definition) is 2. The molecule has 0 unspecified atom stereocenters. The fourth-order valence-corrected chi connectivity index (χ4v) is 2.94. The Bertz CT molecular complexity index is 447. The predicted molar refractivity (Wildman–Crippen MR) is 86.9 cm³/mol. The van der Waals surface area contributed by atoms with Crippen LogP contribution in [0.25, 0.3) is 0 Å². The van der Waals surface area contributed by atoms with E-state index in [1.807, 2.05) is 18.2 Å². The molecule has 0 radical (unpaired) electrons. The normalized spacial score (nSPS) is 15.9. The third kappa shape index (κ3) is 4.35. The van der Waals surface area contributed by atoms with Crippen LogP contribution >= 0.6 is 28.1 Å². The summed E-state index contributed by atoms with van der Waals surface area (Å²) in [5.74, 6) is 0.811. The summed E-state index contributed by atoms with van der Waals surface area (Å²) < 4.78 is 6.19. The molecular formula is C14H19BrN2OS. The highest BCUT2D eigenvalue weighted by atomic mass is 79.9. The van der Waals surface area contributed by atoms with Crippen LogP contribution in [0.1, 0.15) is 32.1 Å². The minimum atomic E-state index is 0.512. The molecule has 0 aromatic heterocycles. The van der Waals surface area contributed by atoms with Crippen molar-refractivity contribution in [3.63, 3.8) is 0 Å². The van der Waals surface area contributed by atoms with Gasteiger partial charge in [0, 0.05) is 16.6 Å². The van der Waals surface area contributed by atoms with Crippen LogP contribution in [-0.2, 0) is 0 Å². The molecular weight excluding hydrogens is 324 g/mol. The van der Waals surface area contributed by atoms with Crippen molar-refractivity contribution in [2.24, 2.45) is 0 Å². The third-order valence-corrected chi connectivity index (χ3v) is 4.27. The van der Waals surface area contributed by atoms with Gasteiger partial charge in [-0.05, 0) is 53.1 Å². The molecule has 0 saturated heterocycles. The van der Waals surface area contributed by atoms with Crippen LogP contribution in [0.2, 0.25) is 0 Å². The van der Waals surface area contributed by atoms with Crippen molar-refractivity contribution in [3.05, 3.63) is 22.7 Å². The SMILES string of the molecule is COc1ccc(Br)c(NC(=S)NC2CCCCC2)c1. The lowest BCUT2D eigenvalue weighted by molar-refractivity contribution is 0.414. The first-order chi connectivity index (χ1) is 9.19. The molecule has 1 fully saturated rings. The van der Waals surface area contributed by atoms with Gasteiger partial charge in [0.1, 0.15) is 5.75 Å². The molecule has 1 aliphatic carbocycles. The van der Waals surface area contributed by atoms with Gasteiger partial charge >= 0.3 is 0 Å². The summed E-state index contributed by atoms with van der Waals surface area (Å²) >= 11 is 8.88. The van der Waals surface area contributed by atoms with Crippen LogP contribution < -0.4 is 15.4 Å². The van der Waals surface area contributed by atoms with E-state index < -0.39 is 0 Å². The van der Waals surface area contributed by atoms with Crippen molar-refractivity contribution >= 4 is 38.9 Å². The molecule has 0 bridgehead atoms. The van der Waals surface area contributed by atoms with Crippen LogP contribution in [0.4, 0.5) is 5.69 Å². The topological polar surface area (TPSA) is 33.3 Å². The maximum atomic E-state index is 5.37. The van der Waals surface area contributed by atoms with Gasteiger partial charge in [-0.15, -0.1) is 0 Å². The van der Waals surface area contributed by atoms with Crippen LogP contribution in [0.3, 0.4) is 0 Å². The maximum absolute atomic E-state index is 5.37. The van der Waals surface area contributed by atoms with Gasteiger partial charge in [-0.3, -0.25) is 0 Å². The quantitative estimate of drug-likeness (QED) is 0.811. The highest BCUT2D eigenvalue weighted by molar-refractivity contribution is 9.10. The smallest absolute Gasteiger partial charge is 0.171 e. The molecule has 1 aliphatic rings. The second-order valence-corrected chi connectivity index (χ2v) is 6.04. The molecule has 2 rings (SSSR count). The fraction of sp³-hybridized carbons (Fsp3) is 0.500. The maximum Gasteiger partial charge on any atom is 0.171 e. The Balaban J connectivity index is 1.94. The Labute approximate surface area is 128 Å². The van der Waals surface area contributed by atoms with E-state index in [0.717, 1.165) is 15.9 Å². The largest absolute Gasteiger partial charge is 0.497 e. The molecule has 0 heterocycles. The van der Waals surface area contributed by atoms with Crippen LogP contribution in [0, 0.1) is 0 Å². The standard InChI is InChI=1S/C14H19BrN2OS/c1-18-11-7-8-12(15)13(9-11)17-14(19)16-10-5-3-2-4-6-10/h7-10H,2-6H2,1H3,(H2,16,17,19). The molecule has 104 valence electrons. The molecule has 1 aromatic carbocycles. The van der Waals surface area contributed by atoms with E-state index in [9.17, 15) is 0 Å². The number of benzene rings is 1. The summed E-state index contributed by atoms with van der Waals surface area (Å²) in [5, 5.41) is 7.30. The van der Waals surface area contributed by atoms with E-state index in [0.29, 0.717) is 11.2 Å². The van der Waals surface area contributed by atoms with E-state index in [4.69, 9.17) is 17.0 Å². The lowest BCUT2D eigenvalue weighted by Crippen LogP contribution is -2.38. The van der Waals surface area contributed by atoms with Gasteiger partial charge in [0.2, 0.25) is 0 Å². The van der Waals surface area contributed by atoms with Gasteiger partial charge in [0.05, 0.1) is 12.8 Å². The van der Waals surface area contributed by atoms with Gasteiger partial charge < -0.3 is 15.4 Å². The molecule has 2 N–H and O–H groups in total. The number of rotatable bonds is 3. The Kier molecular flexibility index (Phi) is 5.45. The second kappa shape index (κ2) is 7.10. The van der Waals surface area contributed by atoms with Crippen molar-refractivity contribution in [1.29, 1.82) is 0 Å². The van der Waals surface area contributed by atoms with Gasteiger partial charge in [0.25, 0.3) is 0 Å². The first-order valence-electron chi connectivity index (χ1n) is 6.60. The lowest BCUT2D eigenvalue weighted by Gasteiger charge is -2.24. The number of halogens is 1. The predicted octanol–water partition coefficient (Wildman–Crippen LogP) is 4.08. The number of anilines is 1. The average molecular weight is 343 g/mol. The Hall–Kier alpha value is -0.810. The van der Waals surface area contributed by atoms with Crippen LogP contribution in [0.15, 0.2) is 22.7 Å². The first kappa shape index (κ1) is 14.6. The van der Waals surface area contributed by atoms with Crippen molar-refractivity contribution in [2.75, 3.05) is 12.4 Å². The molecule has 5 heteroatoms. The molecule has 0 aliphatic heterocycles. The molecule has 0 spiro atoms. The Morgan fingerprint density at radius 3 is 2.74 bits per heavy atom. The van der Waals surface area contributed by atoms with Gasteiger partial charge in [-0.2, -0.15) is 0 Å². The monoisotopic (exact) mass is 342 g/mol. The number of nitrogens with one attached hydrogen (secondary N) is 2. The minimum absolute atomic E-state index is 0.512. The highest BCUT2D eigenvalue weighted by Crippen LogP contribution is 2.27. The van der Waals surface area contributed by atoms with Crippen molar-refractivity contribution in [3.8, 4) is 5.75 Å². The zero-order chi connectivity index (χ0) is 13.7. The minimum Gasteiger partial charge on any atom is -0.497 e. The summed E-state index contributed by atoms with van der Waals surface area (Å²) in [4.78, 5) is 0. The lowest BCUT2D eigenvalue weighted by atomic mass is 9.96. The van der Waals surface area contributed by atoms with E-state index in [1.165, 1.54) is 32.1 Å². The van der Waals surface area contributed by atoms with Gasteiger partial charge in [-0.25, -0.2) is 0 Å². The number of methoxy groups -OCH3 is 1. The van der Waals surface area contributed by atoms with Crippen molar-refractivity contribution < 1.29 is 4.74 Å². The van der Waals surface area contributed by atoms with E-state index in [2.05, 4.69) is 26.6 Å². The average Bonchev–Trinajstić information content (AvgIpc) is 2.42. The zero-order valence-corrected chi connectivity index (χ0v) is 13.4. The van der Waals surface area contributed by atoms with E-state index in [-0.39, 0.29) is 0 Å². The molecule has 1 saturated carbocycles. The second-order valence-electron chi connectivity index (χ2n) is 4.78. The molecule has 0 amide bonds. The number of ether oxygens (including phenoxy) is 1. The molecule has 0 atom stereocenters. The van der Waals surface area contributed by atoms with Gasteiger partial charge in [-0.1, -0.05) is 19.3 Å². The summed E-state index contributed by atoms with van der Waals surface area (Å²) in [5.41, 5.74) is 0.924. The fourth-order valence-electron chi connectivity index (χ4n) is 2.32. The Morgan fingerprint density at radius 1 is 1.32 bits per heavy atom. The summed E-state index contributed by atoms with van der Waals surface area (Å²) in [7, 11) is 1.66. The van der Waals surface area contributed by atoms with Crippen molar-refractivity contribution in [1.82, 2.24) is 5.32 Å². The summed E-state index contributed by atoms with van der Waals surface area (Å²) in [6.45, 7) is 0. The van der Waals surface area contributed by atoms with E-state index >= 15 is 0 Å². The summed E-state index contributed by atoms with van der Waals surface area (Å²) in [6.07, 6.45) is 6.36. The highest BCUT2D eigenvalue weighted by Gasteiger charge is 2.14. The van der Waals surface area contributed by atoms with E-state index in [1.54, 1.807) is 7.11 Å². The van der Waals surface area contributed by atoms with Crippen LogP contribution in [-0.4, -0.2) is 18.3 Å². The molecule has 19 heavy (non-hydrogen) atoms. The number of hydrogen-bond acceptors (Lipinski definition) is 2.